The Bertz CT molecular complexity index is 865. The Morgan fingerprint density at radius 1 is 1.05 bits per heavy atom. The van der Waals surface area contributed by atoms with Gasteiger partial charge in [-0.3, -0.25) is 4.99 Å². The number of hydrogen-bond acceptors (Lipinski definition) is 2. The van der Waals surface area contributed by atoms with E-state index in [9.17, 15) is 0 Å². The lowest BCUT2D eigenvalue weighted by molar-refractivity contribution is 1.02. The summed E-state index contributed by atoms with van der Waals surface area (Å²) in [6.45, 7) is 1.17. The van der Waals surface area contributed by atoms with Crippen molar-refractivity contribution in [3.63, 3.8) is 0 Å². The lowest BCUT2D eigenvalue weighted by Crippen LogP contribution is -2.23. The zero-order chi connectivity index (χ0) is 15.7. The minimum Gasteiger partial charge on any atom is -0.383 e. The maximum Gasteiger partial charge on any atom is 0.185 e. The first-order chi connectivity index (χ1) is 10.5. The van der Waals surface area contributed by atoms with Gasteiger partial charge in [-0.05, 0) is 30.3 Å². The Hall–Kier alpha value is -2.11. The van der Waals surface area contributed by atoms with Crippen molar-refractivity contribution in [2.45, 2.75) is 0 Å². The highest BCUT2D eigenvalue weighted by Crippen LogP contribution is 2.33. The van der Waals surface area contributed by atoms with Crippen LogP contribution < -0.4 is 16.8 Å². The number of nitrogens with one attached hydrogen (secondary N) is 2. The van der Waals surface area contributed by atoms with Gasteiger partial charge in [0.25, 0.3) is 0 Å². The van der Waals surface area contributed by atoms with E-state index in [2.05, 4.69) is 21.4 Å². The molecule has 22 heavy (non-hydrogen) atoms. The molecule has 0 unspecified atom stereocenters. The maximum absolute atomic E-state index is 6.12. The second-order valence-corrected chi connectivity index (χ2v) is 5.75. The number of aromatic nitrogens is 1. The highest BCUT2D eigenvalue weighted by molar-refractivity contribution is 6.43. The molecule has 0 amide bonds. The average molecular weight is 336 g/mol. The number of H-pyrrole nitrogens is 1. The normalized spacial score (nSPS) is 11.0. The van der Waals surface area contributed by atoms with Crippen LogP contribution in [0.25, 0.3) is 21.8 Å². The number of aliphatic imine (C=N–C) groups is 1. The van der Waals surface area contributed by atoms with Crippen molar-refractivity contribution < 1.29 is 0 Å². The molecule has 0 radical (unpaired) electrons. The van der Waals surface area contributed by atoms with Crippen LogP contribution >= 0.6 is 23.2 Å². The number of nitrogens with two attached hydrogens (primary N) is 2. The van der Waals surface area contributed by atoms with E-state index in [-0.39, 0.29) is 5.96 Å². The molecule has 2 aromatic carbocycles. The third-order valence-electron chi connectivity index (χ3n) is 3.37. The van der Waals surface area contributed by atoms with Gasteiger partial charge in [0.1, 0.15) is 0 Å². The van der Waals surface area contributed by atoms with Crippen molar-refractivity contribution in [1.29, 1.82) is 0 Å². The second-order valence-electron chi connectivity index (χ2n) is 4.93. The third-order valence-corrected chi connectivity index (χ3v) is 4.10. The number of hydrogen-bond donors (Lipinski definition) is 4. The van der Waals surface area contributed by atoms with E-state index in [4.69, 9.17) is 34.7 Å². The Morgan fingerprint density at radius 2 is 1.77 bits per heavy atom. The molecule has 114 valence electrons. The molecule has 3 rings (SSSR count). The summed E-state index contributed by atoms with van der Waals surface area (Å²) < 4.78 is 0. The van der Waals surface area contributed by atoms with Crippen molar-refractivity contribution in [1.82, 2.24) is 4.98 Å². The second kappa shape index (κ2) is 5.94. The van der Waals surface area contributed by atoms with Gasteiger partial charge >= 0.3 is 0 Å². The van der Waals surface area contributed by atoms with Gasteiger partial charge in [0.05, 0.1) is 16.6 Å². The topological polar surface area (TPSA) is 92.2 Å². The zero-order valence-corrected chi connectivity index (χ0v) is 13.2. The Kier molecular flexibility index (Phi) is 4.00. The summed E-state index contributed by atoms with van der Waals surface area (Å²) in [5.41, 5.74) is 13.6. The monoisotopic (exact) mass is 335 g/mol. The van der Waals surface area contributed by atoms with E-state index < -0.39 is 0 Å². The number of anilines is 1. The molecular formula is C15H15Cl2N5. The number of guanidine groups is 1. The van der Waals surface area contributed by atoms with E-state index in [1.807, 2.05) is 24.3 Å². The van der Waals surface area contributed by atoms with Crippen molar-refractivity contribution in [2.24, 2.45) is 16.5 Å². The van der Waals surface area contributed by atoms with Gasteiger partial charge in [0.15, 0.2) is 5.96 Å². The molecule has 0 spiro atoms. The third kappa shape index (κ3) is 2.91. The number of benzene rings is 2. The molecule has 0 aliphatic heterocycles. The fourth-order valence-electron chi connectivity index (χ4n) is 2.39. The molecule has 0 bridgehead atoms. The quantitative estimate of drug-likeness (QED) is 0.335. The van der Waals surface area contributed by atoms with Gasteiger partial charge in [0.2, 0.25) is 0 Å². The first-order valence-electron chi connectivity index (χ1n) is 6.74. The Labute approximate surface area is 137 Å². The van der Waals surface area contributed by atoms with E-state index in [1.54, 1.807) is 0 Å². The summed E-state index contributed by atoms with van der Waals surface area (Å²) in [6, 6.07) is 9.79. The van der Waals surface area contributed by atoms with Crippen LogP contribution in [0.5, 0.6) is 0 Å². The Balaban J connectivity index is 1.93. The first kappa shape index (κ1) is 14.8. The lowest BCUT2D eigenvalue weighted by atomic mass is 10.1. The molecule has 7 heteroatoms. The van der Waals surface area contributed by atoms with Crippen LogP contribution in [-0.2, 0) is 0 Å². The lowest BCUT2D eigenvalue weighted by Gasteiger charge is -2.05. The van der Waals surface area contributed by atoms with Crippen molar-refractivity contribution in [3.8, 4) is 0 Å². The van der Waals surface area contributed by atoms with Gasteiger partial charge in [-0.1, -0.05) is 23.2 Å². The zero-order valence-electron chi connectivity index (χ0n) is 11.7. The summed E-state index contributed by atoms with van der Waals surface area (Å²) in [5, 5.41) is 6.49. The standard InChI is InChI=1S/C15H15Cl2N5/c16-11-6-10-9-5-8(20-3-4-21-15(18)19)1-2-13(9)22-14(10)7-12(11)17/h1-2,5-7,20,22H,3-4H2,(H4,18,19,21). The highest BCUT2D eigenvalue weighted by Gasteiger charge is 2.08. The summed E-state index contributed by atoms with van der Waals surface area (Å²) in [4.78, 5) is 7.26. The summed E-state index contributed by atoms with van der Waals surface area (Å²) in [7, 11) is 0. The molecule has 1 aromatic heterocycles. The molecule has 0 fully saturated rings. The van der Waals surface area contributed by atoms with Crippen LogP contribution in [0.3, 0.4) is 0 Å². The predicted molar refractivity (Wildman–Crippen MR) is 95.0 cm³/mol. The minimum absolute atomic E-state index is 0.0976. The van der Waals surface area contributed by atoms with E-state index in [0.29, 0.717) is 23.1 Å². The van der Waals surface area contributed by atoms with Gasteiger partial charge in [-0.2, -0.15) is 0 Å². The SMILES string of the molecule is NC(N)=NCCNc1ccc2[nH]c3cc(Cl)c(Cl)cc3c2c1. The van der Waals surface area contributed by atoms with Crippen LogP contribution in [0, 0.1) is 0 Å². The van der Waals surface area contributed by atoms with Crippen molar-refractivity contribution in [2.75, 3.05) is 18.4 Å². The fourth-order valence-corrected chi connectivity index (χ4v) is 2.72. The number of nitrogens with zero attached hydrogens (tertiary/aromatic N) is 1. The van der Waals surface area contributed by atoms with Gasteiger partial charge in [-0.15, -0.1) is 0 Å². The summed E-state index contributed by atoms with van der Waals surface area (Å²) in [5.74, 6) is 0.0976. The summed E-state index contributed by atoms with van der Waals surface area (Å²) in [6.07, 6.45) is 0. The van der Waals surface area contributed by atoms with Gasteiger partial charge in [-0.25, -0.2) is 0 Å². The molecule has 0 aliphatic carbocycles. The molecule has 0 atom stereocenters. The highest BCUT2D eigenvalue weighted by atomic mass is 35.5. The molecular weight excluding hydrogens is 321 g/mol. The average Bonchev–Trinajstić information content (AvgIpc) is 2.81. The number of aromatic amines is 1. The first-order valence-corrected chi connectivity index (χ1v) is 7.50. The number of rotatable bonds is 4. The largest absolute Gasteiger partial charge is 0.383 e. The predicted octanol–water partition coefficient (Wildman–Crippen LogP) is 3.31. The van der Waals surface area contributed by atoms with Gasteiger partial charge < -0.3 is 21.8 Å². The van der Waals surface area contributed by atoms with Crippen LogP contribution in [0.2, 0.25) is 10.0 Å². The summed E-state index contributed by atoms with van der Waals surface area (Å²) >= 11 is 12.2. The van der Waals surface area contributed by atoms with Crippen LogP contribution in [0.4, 0.5) is 5.69 Å². The number of fused-ring (bicyclic) bond motifs is 3. The maximum atomic E-state index is 6.12. The number of halogens is 2. The Morgan fingerprint density at radius 3 is 2.55 bits per heavy atom. The minimum atomic E-state index is 0.0976. The smallest absolute Gasteiger partial charge is 0.185 e. The van der Waals surface area contributed by atoms with Crippen molar-refractivity contribution in [3.05, 3.63) is 40.4 Å². The molecule has 0 saturated carbocycles. The van der Waals surface area contributed by atoms with Crippen LogP contribution in [0.1, 0.15) is 0 Å². The van der Waals surface area contributed by atoms with Gasteiger partial charge in [0, 0.05) is 34.0 Å². The molecule has 5 nitrogen and oxygen atoms in total. The molecule has 3 aromatic rings. The van der Waals surface area contributed by atoms with E-state index in [0.717, 1.165) is 27.5 Å². The molecule has 0 aliphatic rings. The van der Waals surface area contributed by atoms with E-state index >= 15 is 0 Å². The van der Waals surface area contributed by atoms with Crippen molar-refractivity contribution >= 4 is 56.7 Å². The van der Waals surface area contributed by atoms with E-state index in [1.165, 1.54) is 0 Å². The molecule has 6 N–H and O–H groups in total. The van der Waals surface area contributed by atoms with Crippen LogP contribution in [0.15, 0.2) is 35.3 Å². The van der Waals surface area contributed by atoms with Crippen LogP contribution in [-0.4, -0.2) is 24.0 Å². The molecule has 0 saturated heterocycles. The fraction of sp³-hybridized carbons (Fsp3) is 0.133. The molecule has 1 heterocycles.